The maximum absolute atomic E-state index is 13.7. The highest BCUT2D eigenvalue weighted by Gasteiger charge is 2.33. The zero-order valence-corrected chi connectivity index (χ0v) is 19.3. The van der Waals surface area contributed by atoms with Gasteiger partial charge in [0.2, 0.25) is 0 Å². The summed E-state index contributed by atoms with van der Waals surface area (Å²) in [5.74, 6) is -1.35. The summed E-state index contributed by atoms with van der Waals surface area (Å²) in [6.45, 7) is 5.60. The fraction of sp³-hybridized carbons (Fsp3) is 0.111. The van der Waals surface area contributed by atoms with Gasteiger partial charge < -0.3 is 10.2 Å². The van der Waals surface area contributed by atoms with Gasteiger partial charge in [0.05, 0.1) is 16.7 Å². The van der Waals surface area contributed by atoms with Crippen LogP contribution in [0.25, 0.3) is 16.3 Å². The maximum Gasteiger partial charge on any atom is 0.262 e. The molecule has 0 heterocycles. The van der Waals surface area contributed by atoms with E-state index in [0.29, 0.717) is 22.1 Å². The number of phenols is 1. The van der Waals surface area contributed by atoms with Crippen molar-refractivity contribution in [3.05, 3.63) is 114 Å². The summed E-state index contributed by atoms with van der Waals surface area (Å²) in [6, 6.07) is 15.4. The lowest BCUT2D eigenvalue weighted by Gasteiger charge is -2.31. The van der Waals surface area contributed by atoms with Crippen molar-refractivity contribution in [3.63, 3.8) is 0 Å². The van der Waals surface area contributed by atoms with Crippen LogP contribution in [0.5, 0.6) is 5.75 Å². The second-order valence-electron chi connectivity index (χ2n) is 7.91. The lowest BCUT2D eigenvalue weighted by atomic mass is 9.79. The number of halogens is 1. The Morgan fingerprint density at radius 2 is 1.85 bits per heavy atom. The van der Waals surface area contributed by atoms with Crippen LogP contribution in [0.15, 0.2) is 108 Å². The van der Waals surface area contributed by atoms with E-state index in [9.17, 15) is 23.0 Å². The number of aliphatic hydroxyl groups excluding tert-OH is 1. The highest BCUT2D eigenvalue weighted by atomic mass is 32.2. The molecule has 2 unspecified atom stereocenters. The average Bonchev–Trinajstić information content (AvgIpc) is 2.81. The molecule has 0 saturated carbocycles. The van der Waals surface area contributed by atoms with Gasteiger partial charge in [-0.05, 0) is 59.2 Å². The third-order valence-corrected chi connectivity index (χ3v) is 7.16. The Morgan fingerprint density at radius 3 is 2.56 bits per heavy atom. The van der Waals surface area contributed by atoms with Gasteiger partial charge in [-0.3, -0.25) is 4.72 Å². The number of aliphatic hydroxyl groups is 1. The van der Waals surface area contributed by atoms with E-state index >= 15 is 0 Å². The summed E-state index contributed by atoms with van der Waals surface area (Å²) < 4.78 is 42.4. The third kappa shape index (κ3) is 4.27. The molecule has 0 bridgehead atoms. The van der Waals surface area contributed by atoms with Crippen molar-refractivity contribution in [2.24, 2.45) is 5.92 Å². The molecule has 0 amide bonds. The number of sulfonamides is 1. The lowest BCUT2D eigenvalue weighted by molar-refractivity contribution is 0.200. The zero-order chi connectivity index (χ0) is 24.5. The first-order chi connectivity index (χ1) is 16.3. The molecule has 3 N–H and O–H groups in total. The number of nitrogens with one attached hydrogen (secondary N) is 1. The predicted octanol–water partition coefficient (Wildman–Crippen LogP) is 5.05. The van der Waals surface area contributed by atoms with Crippen molar-refractivity contribution in [1.29, 1.82) is 0 Å². The van der Waals surface area contributed by atoms with Crippen LogP contribution in [0.3, 0.4) is 0 Å². The third-order valence-electron chi connectivity index (χ3n) is 5.79. The summed E-state index contributed by atoms with van der Waals surface area (Å²) in [5.41, 5.74) is 1.38. The number of allylic oxidation sites excluding steroid dienone is 3. The second kappa shape index (κ2) is 9.29. The molecule has 5 nitrogen and oxygen atoms in total. The second-order valence-corrected chi connectivity index (χ2v) is 9.60. The molecule has 1 aliphatic carbocycles. The highest BCUT2D eigenvalue weighted by molar-refractivity contribution is 7.89. The van der Waals surface area contributed by atoms with Gasteiger partial charge in [0, 0.05) is 11.5 Å². The average molecular weight is 478 g/mol. The Kier molecular flexibility index (Phi) is 6.41. The highest BCUT2D eigenvalue weighted by Crippen LogP contribution is 2.42. The minimum atomic E-state index is -4.15. The van der Waals surface area contributed by atoms with Crippen LogP contribution in [0, 0.1) is 11.7 Å². The predicted molar refractivity (Wildman–Crippen MR) is 132 cm³/mol. The number of rotatable bonds is 6. The van der Waals surface area contributed by atoms with Gasteiger partial charge in [-0.1, -0.05) is 61.2 Å². The summed E-state index contributed by atoms with van der Waals surface area (Å²) in [5, 5.41) is 23.7. The molecule has 0 spiro atoms. The summed E-state index contributed by atoms with van der Waals surface area (Å²) >= 11 is 0. The van der Waals surface area contributed by atoms with Crippen molar-refractivity contribution in [1.82, 2.24) is 4.72 Å². The zero-order valence-electron chi connectivity index (χ0n) is 18.4. The molecule has 1 aliphatic rings. The number of aromatic hydroxyl groups is 1. The van der Waals surface area contributed by atoms with Crippen molar-refractivity contribution in [3.8, 4) is 5.75 Å². The first-order valence-electron chi connectivity index (χ1n) is 10.7. The molecule has 7 heteroatoms. The molecule has 4 rings (SSSR count). The monoisotopic (exact) mass is 477 g/mol. The molecule has 3 aromatic carbocycles. The normalized spacial score (nSPS) is 18.9. The van der Waals surface area contributed by atoms with Gasteiger partial charge in [-0.25, -0.2) is 12.8 Å². The molecule has 0 radical (unpaired) electrons. The van der Waals surface area contributed by atoms with E-state index in [1.54, 1.807) is 31.2 Å². The molecule has 0 aliphatic heterocycles. The Bertz CT molecular complexity index is 1470. The van der Waals surface area contributed by atoms with E-state index in [4.69, 9.17) is 0 Å². The van der Waals surface area contributed by atoms with Gasteiger partial charge in [0.1, 0.15) is 11.6 Å². The summed E-state index contributed by atoms with van der Waals surface area (Å²) in [6.07, 6.45) is 5.39. The number of hydrogen-bond donors (Lipinski definition) is 3. The van der Waals surface area contributed by atoms with Gasteiger partial charge >= 0.3 is 0 Å². The number of phenolic OH excluding ortho intramolecular Hbond substituents is 1. The molecule has 2 atom stereocenters. The first-order valence-corrected chi connectivity index (χ1v) is 12.1. The first kappa shape index (κ1) is 23.5. The number of hydrogen-bond acceptors (Lipinski definition) is 4. The quantitative estimate of drug-likeness (QED) is 0.434. The van der Waals surface area contributed by atoms with Crippen LogP contribution < -0.4 is 4.72 Å². The van der Waals surface area contributed by atoms with E-state index in [1.807, 2.05) is 24.3 Å². The number of fused-ring (bicyclic) bond motifs is 1. The smallest absolute Gasteiger partial charge is 0.262 e. The maximum atomic E-state index is 13.7. The molecule has 34 heavy (non-hydrogen) atoms. The van der Waals surface area contributed by atoms with Crippen molar-refractivity contribution < 1.29 is 23.0 Å². The lowest BCUT2D eigenvalue weighted by Crippen LogP contribution is -2.32. The molecule has 0 saturated heterocycles. The van der Waals surface area contributed by atoms with Crippen LogP contribution in [0.1, 0.15) is 12.5 Å². The van der Waals surface area contributed by atoms with Gasteiger partial charge in [-0.15, -0.1) is 0 Å². The van der Waals surface area contributed by atoms with Crippen LogP contribution >= 0.6 is 0 Å². The molecule has 0 fully saturated rings. The van der Waals surface area contributed by atoms with Crippen molar-refractivity contribution in [2.45, 2.75) is 17.9 Å². The fourth-order valence-corrected chi connectivity index (χ4v) is 5.35. The van der Waals surface area contributed by atoms with E-state index < -0.39 is 27.9 Å². The SMILES string of the molecule is C=CC1=C(NS(=O)(=O)c2cccc(F)c2)C=C(c2c(O)ccc3ccccc23)C(O)C1C=CC. The summed E-state index contributed by atoms with van der Waals surface area (Å²) in [7, 11) is -4.15. The molecule has 174 valence electrons. The Morgan fingerprint density at radius 1 is 1.09 bits per heavy atom. The molecular formula is C27H24FNO4S. The van der Waals surface area contributed by atoms with Gasteiger partial charge in [0.15, 0.2) is 0 Å². The Labute approximate surface area is 197 Å². The largest absolute Gasteiger partial charge is 0.507 e. The van der Waals surface area contributed by atoms with E-state index in [1.165, 1.54) is 24.3 Å². The minimum Gasteiger partial charge on any atom is -0.507 e. The Balaban J connectivity index is 1.93. The van der Waals surface area contributed by atoms with Crippen LogP contribution in [-0.2, 0) is 10.0 Å². The van der Waals surface area contributed by atoms with Crippen molar-refractivity contribution in [2.75, 3.05) is 0 Å². The topological polar surface area (TPSA) is 86.6 Å². The minimum absolute atomic E-state index is 0.0439. The van der Waals surface area contributed by atoms with E-state index in [0.717, 1.165) is 17.5 Å². The van der Waals surface area contributed by atoms with Crippen LogP contribution in [-0.4, -0.2) is 24.7 Å². The Hall–Kier alpha value is -3.68. The molecule has 3 aromatic rings. The standard InChI is InChI=1S/C27H24FNO4S/c1-3-8-22-20(4-2)24(29-34(32,33)19-11-7-10-18(28)15-19)16-23(27(22)31)26-21-12-6-5-9-17(21)13-14-25(26)30/h3-16,22,27,29-31H,2H2,1H3. The molecule has 0 aromatic heterocycles. The van der Waals surface area contributed by atoms with Crippen molar-refractivity contribution >= 4 is 26.4 Å². The van der Waals surface area contributed by atoms with Gasteiger partial charge in [-0.2, -0.15) is 0 Å². The van der Waals surface area contributed by atoms with E-state index in [-0.39, 0.29) is 16.3 Å². The van der Waals surface area contributed by atoms with Crippen LogP contribution in [0.4, 0.5) is 4.39 Å². The molecular weight excluding hydrogens is 453 g/mol. The fourth-order valence-electron chi connectivity index (χ4n) is 4.24. The van der Waals surface area contributed by atoms with Crippen LogP contribution in [0.2, 0.25) is 0 Å². The number of benzene rings is 3. The van der Waals surface area contributed by atoms with Gasteiger partial charge in [0.25, 0.3) is 10.0 Å². The summed E-state index contributed by atoms with van der Waals surface area (Å²) in [4.78, 5) is -0.236. The van der Waals surface area contributed by atoms with E-state index in [2.05, 4.69) is 11.3 Å².